The summed E-state index contributed by atoms with van der Waals surface area (Å²) in [7, 11) is 0. The Labute approximate surface area is 134 Å². The monoisotopic (exact) mass is 302 g/mol. The Morgan fingerprint density at radius 1 is 0.909 bits per heavy atom. The lowest BCUT2D eigenvalue weighted by Gasteiger charge is -2.23. The molecule has 4 nitrogen and oxygen atoms in total. The predicted molar refractivity (Wildman–Crippen MR) is 92.6 cm³/mol. The molecule has 2 heterocycles. The van der Waals surface area contributed by atoms with Crippen LogP contribution in [0, 0.1) is 6.92 Å². The summed E-state index contributed by atoms with van der Waals surface area (Å²) in [6.07, 6.45) is 13.3. The number of rotatable bonds is 3. The van der Waals surface area contributed by atoms with Crippen molar-refractivity contribution in [2.24, 2.45) is 0 Å². The summed E-state index contributed by atoms with van der Waals surface area (Å²) in [6, 6.07) is 2.76. The lowest BCUT2D eigenvalue weighted by molar-refractivity contribution is 0.617. The van der Waals surface area contributed by atoms with Gasteiger partial charge in [0.05, 0.1) is 0 Å². The Kier molecular flexibility index (Phi) is 5.52. The van der Waals surface area contributed by atoms with Crippen molar-refractivity contribution >= 4 is 11.6 Å². The minimum absolute atomic E-state index is 0.591. The van der Waals surface area contributed by atoms with Gasteiger partial charge in [0.2, 0.25) is 0 Å². The van der Waals surface area contributed by atoms with Gasteiger partial charge >= 0.3 is 0 Å². The fourth-order valence-electron chi connectivity index (χ4n) is 3.72. The Hall–Kier alpha value is -1.32. The van der Waals surface area contributed by atoms with Crippen molar-refractivity contribution in [1.82, 2.24) is 9.97 Å². The standard InChI is InChI=1S/C18H30N4/c1-15-19-17(21-16-10-6-2-3-7-11-16)14-18(20-15)22-12-8-4-5-9-13-22/h14,16H,2-13H2,1H3,(H,19,20,21). The molecule has 1 aliphatic heterocycles. The average molecular weight is 302 g/mol. The first-order valence-corrected chi connectivity index (χ1v) is 9.18. The van der Waals surface area contributed by atoms with Gasteiger partial charge in [0.15, 0.2) is 0 Å². The summed E-state index contributed by atoms with van der Waals surface area (Å²) < 4.78 is 0. The first-order chi connectivity index (χ1) is 10.8. The van der Waals surface area contributed by atoms with E-state index in [0.717, 1.165) is 30.5 Å². The summed E-state index contributed by atoms with van der Waals surface area (Å²) in [5.41, 5.74) is 0. The maximum Gasteiger partial charge on any atom is 0.134 e. The van der Waals surface area contributed by atoms with Gasteiger partial charge in [0.1, 0.15) is 17.5 Å². The second-order valence-corrected chi connectivity index (χ2v) is 6.89. The van der Waals surface area contributed by atoms with Crippen LogP contribution in [-0.4, -0.2) is 29.1 Å². The molecular weight excluding hydrogens is 272 g/mol. The van der Waals surface area contributed by atoms with E-state index in [4.69, 9.17) is 0 Å². The zero-order valence-corrected chi connectivity index (χ0v) is 14.0. The first kappa shape index (κ1) is 15.6. The molecule has 0 spiro atoms. The van der Waals surface area contributed by atoms with Crippen LogP contribution in [-0.2, 0) is 0 Å². The molecule has 2 fully saturated rings. The van der Waals surface area contributed by atoms with Crippen molar-refractivity contribution in [3.05, 3.63) is 11.9 Å². The van der Waals surface area contributed by atoms with E-state index in [1.54, 1.807) is 0 Å². The molecule has 1 aromatic rings. The molecule has 1 aromatic heterocycles. The highest BCUT2D eigenvalue weighted by Gasteiger charge is 2.16. The van der Waals surface area contributed by atoms with E-state index in [-0.39, 0.29) is 0 Å². The number of anilines is 2. The van der Waals surface area contributed by atoms with Gasteiger partial charge in [0, 0.05) is 25.2 Å². The Morgan fingerprint density at radius 3 is 2.23 bits per heavy atom. The van der Waals surface area contributed by atoms with E-state index in [2.05, 4.69) is 26.3 Å². The molecule has 1 saturated carbocycles. The third-order valence-corrected chi connectivity index (χ3v) is 4.96. The van der Waals surface area contributed by atoms with Gasteiger partial charge in [-0.15, -0.1) is 0 Å². The molecule has 0 amide bonds. The smallest absolute Gasteiger partial charge is 0.134 e. The van der Waals surface area contributed by atoms with E-state index in [1.165, 1.54) is 64.2 Å². The van der Waals surface area contributed by atoms with Crippen molar-refractivity contribution in [3.8, 4) is 0 Å². The largest absolute Gasteiger partial charge is 0.367 e. The van der Waals surface area contributed by atoms with Gasteiger partial charge in [-0.2, -0.15) is 0 Å². The molecule has 3 rings (SSSR count). The molecule has 22 heavy (non-hydrogen) atoms. The Bertz CT molecular complexity index is 458. The number of hydrogen-bond acceptors (Lipinski definition) is 4. The molecular formula is C18H30N4. The minimum atomic E-state index is 0.591. The lowest BCUT2D eigenvalue weighted by Crippen LogP contribution is -2.26. The van der Waals surface area contributed by atoms with E-state index in [1.807, 2.05) is 6.92 Å². The molecule has 0 atom stereocenters. The summed E-state index contributed by atoms with van der Waals surface area (Å²) in [5, 5.41) is 3.68. The van der Waals surface area contributed by atoms with Crippen molar-refractivity contribution in [1.29, 1.82) is 0 Å². The van der Waals surface area contributed by atoms with E-state index < -0.39 is 0 Å². The van der Waals surface area contributed by atoms with Gasteiger partial charge in [-0.25, -0.2) is 9.97 Å². The van der Waals surface area contributed by atoms with Gasteiger partial charge in [-0.3, -0.25) is 0 Å². The number of nitrogens with one attached hydrogen (secondary N) is 1. The van der Waals surface area contributed by atoms with Crippen LogP contribution in [0.3, 0.4) is 0 Å². The highest BCUT2D eigenvalue weighted by molar-refractivity contribution is 5.50. The SMILES string of the molecule is Cc1nc(NC2CCCCCC2)cc(N2CCCCCC2)n1. The van der Waals surface area contributed by atoms with Crippen LogP contribution in [0.2, 0.25) is 0 Å². The maximum absolute atomic E-state index is 4.69. The summed E-state index contributed by atoms with van der Waals surface area (Å²) in [4.78, 5) is 11.8. The molecule has 0 radical (unpaired) electrons. The molecule has 1 N–H and O–H groups in total. The Morgan fingerprint density at radius 2 is 1.55 bits per heavy atom. The minimum Gasteiger partial charge on any atom is -0.367 e. The highest BCUT2D eigenvalue weighted by Crippen LogP contribution is 2.23. The van der Waals surface area contributed by atoms with Crippen LogP contribution in [0.1, 0.15) is 70.0 Å². The number of aryl methyl sites for hydroxylation is 1. The third-order valence-electron chi connectivity index (χ3n) is 4.96. The fourth-order valence-corrected chi connectivity index (χ4v) is 3.72. The van der Waals surface area contributed by atoms with Gasteiger partial charge in [-0.1, -0.05) is 38.5 Å². The van der Waals surface area contributed by atoms with E-state index >= 15 is 0 Å². The number of nitrogens with zero attached hydrogens (tertiary/aromatic N) is 3. The van der Waals surface area contributed by atoms with Crippen molar-refractivity contribution < 1.29 is 0 Å². The summed E-state index contributed by atoms with van der Waals surface area (Å²) in [6.45, 7) is 4.29. The van der Waals surface area contributed by atoms with Gasteiger partial charge in [-0.05, 0) is 32.6 Å². The van der Waals surface area contributed by atoms with Gasteiger partial charge < -0.3 is 10.2 Å². The van der Waals surface area contributed by atoms with Crippen LogP contribution < -0.4 is 10.2 Å². The van der Waals surface area contributed by atoms with Crippen LogP contribution in [0.15, 0.2) is 6.07 Å². The molecule has 122 valence electrons. The fraction of sp³-hybridized carbons (Fsp3) is 0.778. The molecule has 1 saturated heterocycles. The van der Waals surface area contributed by atoms with Crippen molar-refractivity contribution in [2.45, 2.75) is 77.2 Å². The van der Waals surface area contributed by atoms with Crippen molar-refractivity contribution in [3.63, 3.8) is 0 Å². The van der Waals surface area contributed by atoms with Crippen LogP contribution in [0.4, 0.5) is 11.6 Å². The quantitative estimate of drug-likeness (QED) is 0.845. The predicted octanol–water partition coefficient (Wildman–Crippen LogP) is 4.30. The molecule has 4 heteroatoms. The number of hydrogen-bond donors (Lipinski definition) is 1. The van der Waals surface area contributed by atoms with E-state index in [0.29, 0.717) is 6.04 Å². The number of aromatic nitrogens is 2. The molecule has 2 aliphatic rings. The van der Waals surface area contributed by atoms with Crippen LogP contribution in [0.5, 0.6) is 0 Å². The topological polar surface area (TPSA) is 41.1 Å². The third kappa shape index (κ3) is 4.34. The molecule has 1 aliphatic carbocycles. The van der Waals surface area contributed by atoms with Crippen LogP contribution >= 0.6 is 0 Å². The normalized spacial score (nSPS) is 21.2. The molecule has 0 aromatic carbocycles. The highest BCUT2D eigenvalue weighted by atomic mass is 15.2. The second-order valence-electron chi connectivity index (χ2n) is 6.89. The zero-order valence-electron chi connectivity index (χ0n) is 14.0. The second kappa shape index (κ2) is 7.80. The zero-order chi connectivity index (χ0) is 15.2. The average Bonchev–Trinajstić information content (AvgIpc) is 2.91. The molecule has 0 bridgehead atoms. The first-order valence-electron chi connectivity index (χ1n) is 9.18. The Balaban J connectivity index is 1.71. The summed E-state index contributed by atoms with van der Waals surface area (Å²) in [5.74, 6) is 3.03. The van der Waals surface area contributed by atoms with Crippen molar-refractivity contribution in [2.75, 3.05) is 23.3 Å². The van der Waals surface area contributed by atoms with E-state index in [9.17, 15) is 0 Å². The lowest BCUT2D eigenvalue weighted by atomic mass is 10.1. The maximum atomic E-state index is 4.69. The molecule has 0 unspecified atom stereocenters. The van der Waals surface area contributed by atoms with Crippen LogP contribution in [0.25, 0.3) is 0 Å². The summed E-state index contributed by atoms with van der Waals surface area (Å²) >= 11 is 0. The van der Waals surface area contributed by atoms with Gasteiger partial charge in [0.25, 0.3) is 0 Å².